The molecule has 156 valence electrons. The third-order valence-corrected chi connectivity index (χ3v) is 7.09. The molecule has 0 saturated carbocycles. The van der Waals surface area contributed by atoms with Crippen molar-refractivity contribution in [2.45, 2.75) is 38.5 Å². The van der Waals surface area contributed by atoms with E-state index in [0.29, 0.717) is 44.3 Å². The number of ether oxygens (including phenoxy) is 1. The molecule has 4 heterocycles. The van der Waals surface area contributed by atoms with Gasteiger partial charge in [0.25, 0.3) is 11.8 Å². The standard InChI is InChI=1S/C21H28N4O3S/c1-14(2)17-5-6-18(29-17)21(27)25-7-3-4-15(13-25)19-16(12-22-23-19)20(26)24-8-10-28-11-9-24/h5-6,12,14-15H,3-4,7-11,13H2,1-2H3,(H,22,23). The molecule has 0 aliphatic carbocycles. The first-order valence-corrected chi connectivity index (χ1v) is 11.2. The Morgan fingerprint density at radius 2 is 1.97 bits per heavy atom. The monoisotopic (exact) mass is 416 g/mol. The van der Waals surface area contributed by atoms with E-state index in [9.17, 15) is 9.59 Å². The van der Waals surface area contributed by atoms with Crippen LogP contribution < -0.4 is 0 Å². The maximum absolute atomic E-state index is 13.0. The second kappa shape index (κ2) is 8.67. The second-order valence-electron chi connectivity index (χ2n) is 8.05. The molecule has 0 bridgehead atoms. The number of nitrogens with zero attached hydrogens (tertiary/aromatic N) is 3. The zero-order chi connectivity index (χ0) is 20.4. The van der Waals surface area contributed by atoms with Crippen LogP contribution in [0.5, 0.6) is 0 Å². The van der Waals surface area contributed by atoms with E-state index >= 15 is 0 Å². The Morgan fingerprint density at radius 3 is 2.69 bits per heavy atom. The lowest BCUT2D eigenvalue weighted by Crippen LogP contribution is -2.42. The molecule has 8 heteroatoms. The highest BCUT2D eigenvalue weighted by Crippen LogP contribution is 2.31. The van der Waals surface area contributed by atoms with Gasteiger partial charge in [0.2, 0.25) is 0 Å². The highest BCUT2D eigenvalue weighted by Gasteiger charge is 2.31. The summed E-state index contributed by atoms with van der Waals surface area (Å²) in [6.45, 7) is 8.01. The lowest BCUT2D eigenvalue weighted by Gasteiger charge is -2.33. The summed E-state index contributed by atoms with van der Waals surface area (Å²) in [6.07, 6.45) is 3.49. The first-order chi connectivity index (χ1) is 14.0. The van der Waals surface area contributed by atoms with Crippen molar-refractivity contribution in [1.29, 1.82) is 0 Å². The van der Waals surface area contributed by atoms with Crippen molar-refractivity contribution < 1.29 is 14.3 Å². The number of aromatic nitrogens is 2. The highest BCUT2D eigenvalue weighted by atomic mass is 32.1. The predicted octanol–water partition coefficient (Wildman–Crippen LogP) is 3.09. The first kappa shape index (κ1) is 20.1. The average molecular weight is 417 g/mol. The number of amides is 2. The zero-order valence-electron chi connectivity index (χ0n) is 17.0. The van der Waals surface area contributed by atoms with E-state index in [-0.39, 0.29) is 17.7 Å². The van der Waals surface area contributed by atoms with Crippen LogP contribution in [-0.4, -0.2) is 71.2 Å². The first-order valence-electron chi connectivity index (χ1n) is 10.3. The van der Waals surface area contributed by atoms with Gasteiger partial charge in [0.1, 0.15) is 0 Å². The number of carbonyl (C=O) groups is 2. The van der Waals surface area contributed by atoms with Gasteiger partial charge < -0.3 is 14.5 Å². The molecule has 2 fully saturated rings. The van der Waals surface area contributed by atoms with E-state index < -0.39 is 0 Å². The molecule has 0 spiro atoms. The molecule has 2 aliphatic rings. The number of aromatic amines is 1. The molecule has 29 heavy (non-hydrogen) atoms. The van der Waals surface area contributed by atoms with Crippen LogP contribution in [0.2, 0.25) is 0 Å². The molecular formula is C21H28N4O3S. The summed E-state index contributed by atoms with van der Waals surface area (Å²) < 4.78 is 5.35. The predicted molar refractivity (Wildman–Crippen MR) is 112 cm³/mol. The summed E-state index contributed by atoms with van der Waals surface area (Å²) in [5.74, 6) is 0.613. The van der Waals surface area contributed by atoms with Crippen molar-refractivity contribution in [3.8, 4) is 0 Å². The van der Waals surface area contributed by atoms with Crippen LogP contribution in [0.25, 0.3) is 0 Å². The van der Waals surface area contributed by atoms with Crippen molar-refractivity contribution in [1.82, 2.24) is 20.0 Å². The number of piperidine rings is 1. The molecule has 1 unspecified atom stereocenters. The molecule has 0 radical (unpaired) electrons. The maximum atomic E-state index is 13.0. The Hall–Kier alpha value is -2.19. The molecule has 4 rings (SSSR count). The van der Waals surface area contributed by atoms with E-state index in [1.54, 1.807) is 17.5 Å². The van der Waals surface area contributed by atoms with Crippen molar-refractivity contribution in [3.05, 3.63) is 39.3 Å². The Kier molecular flexibility index (Phi) is 6.01. The molecule has 2 aromatic rings. The van der Waals surface area contributed by atoms with E-state index in [4.69, 9.17) is 4.74 Å². The summed E-state index contributed by atoms with van der Waals surface area (Å²) in [6, 6.07) is 3.99. The normalized spacial score (nSPS) is 20.3. The summed E-state index contributed by atoms with van der Waals surface area (Å²) in [5, 5.41) is 7.21. The zero-order valence-corrected chi connectivity index (χ0v) is 17.8. The Bertz CT molecular complexity index is 869. The fourth-order valence-electron chi connectivity index (χ4n) is 4.05. The molecule has 1 atom stereocenters. The van der Waals surface area contributed by atoms with Crippen LogP contribution in [0.3, 0.4) is 0 Å². The smallest absolute Gasteiger partial charge is 0.263 e. The van der Waals surface area contributed by atoms with Gasteiger partial charge in [0.15, 0.2) is 0 Å². The van der Waals surface area contributed by atoms with E-state index in [1.165, 1.54) is 4.88 Å². The lowest BCUT2D eigenvalue weighted by molar-refractivity contribution is 0.0301. The molecule has 1 N–H and O–H groups in total. The van der Waals surface area contributed by atoms with Crippen LogP contribution in [0.15, 0.2) is 18.3 Å². The quantitative estimate of drug-likeness (QED) is 0.831. The molecule has 2 amide bonds. The largest absolute Gasteiger partial charge is 0.378 e. The van der Waals surface area contributed by atoms with Crippen molar-refractivity contribution in [2.75, 3.05) is 39.4 Å². The van der Waals surface area contributed by atoms with E-state index in [1.807, 2.05) is 15.9 Å². The number of H-pyrrole nitrogens is 1. The molecule has 0 aromatic carbocycles. The van der Waals surface area contributed by atoms with Gasteiger partial charge in [-0.2, -0.15) is 5.10 Å². The lowest BCUT2D eigenvalue weighted by atomic mass is 9.92. The number of thiophene rings is 1. The van der Waals surface area contributed by atoms with E-state index in [2.05, 4.69) is 30.1 Å². The Labute approximate surface area is 175 Å². The maximum Gasteiger partial charge on any atom is 0.263 e. The van der Waals surface area contributed by atoms with Crippen molar-refractivity contribution in [2.24, 2.45) is 0 Å². The second-order valence-corrected chi connectivity index (χ2v) is 9.16. The van der Waals surface area contributed by atoms with E-state index in [0.717, 1.165) is 30.0 Å². The third-order valence-electron chi connectivity index (χ3n) is 5.72. The topological polar surface area (TPSA) is 78.5 Å². The number of hydrogen-bond acceptors (Lipinski definition) is 5. The minimum atomic E-state index is 0.000307. The minimum absolute atomic E-state index is 0.000307. The molecular weight excluding hydrogens is 388 g/mol. The van der Waals surface area contributed by atoms with Crippen LogP contribution >= 0.6 is 11.3 Å². The number of nitrogens with one attached hydrogen (secondary N) is 1. The SMILES string of the molecule is CC(C)c1ccc(C(=O)N2CCCC(c3[nH]ncc3C(=O)N3CCOCC3)C2)s1. The third kappa shape index (κ3) is 4.23. The highest BCUT2D eigenvalue weighted by molar-refractivity contribution is 7.14. The summed E-state index contributed by atoms with van der Waals surface area (Å²) >= 11 is 1.58. The van der Waals surface area contributed by atoms with Gasteiger partial charge in [-0.15, -0.1) is 11.3 Å². The fraction of sp³-hybridized carbons (Fsp3) is 0.571. The molecule has 2 aromatic heterocycles. The van der Waals surface area contributed by atoms with Gasteiger partial charge in [0, 0.05) is 37.0 Å². The number of morpholine rings is 1. The Morgan fingerprint density at radius 1 is 1.17 bits per heavy atom. The fourth-order valence-corrected chi connectivity index (χ4v) is 5.02. The van der Waals surface area contributed by atoms with Gasteiger partial charge in [-0.05, 0) is 30.9 Å². The number of carbonyl (C=O) groups excluding carboxylic acids is 2. The van der Waals surface area contributed by atoms with Gasteiger partial charge >= 0.3 is 0 Å². The molecule has 7 nitrogen and oxygen atoms in total. The summed E-state index contributed by atoms with van der Waals surface area (Å²) in [4.78, 5) is 31.8. The molecule has 2 aliphatic heterocycles. The van der Waals surface area contributed by atoms with Crippen LogP contribution in [-0.2, 0) is 4.74 Å². The average Bonchev–Trinajstić information content (AvgIpc) is 3.43. The van der Waals surface area contributed by atoms with Crippen molar-refractivity contribution in [3.63, 3.8) is 0 Å². The van der Waals surface area contributed by atoms with Crippen LogP contribution in [0.1, 0.15) is 69.1 Å². The van der Waals surface area contributed by atoms with Gasteiger partial charge in [-0.3, -0.25) is 14.7 Å². The van der Waals surface area contributed by atoms with Crippen LogP contribution in [0.4, 0.5) is 0 Å². The van der Waals surface area contributed by atoms with Gasteiger partial charge in [-0.1, -0.05) is 13.8 Å². The van der Waals surface area contributed by atoms with Gasteiger partial charge in [-0.25, -0.2) is 0 Å². The van der Waals surface area contributed by atoms with Crippen molar-refractivity contribution >= 4 is 23.2 Å². The number of hydrogen-bond donors (Lipinski definition) is 1. The number of rotatable bonds is 4. The molecule has 2 saturated heterocycles. The number of likely N-dealkylation sites (tertiary alicyclic amines) is 1. The Balaban J connectivity index is 1.48. The van der Waals surface area contributed by atoms with Gasteiger partial charge in [0.05, 0.1) is 35.5 Å². The summed E-state index contributed by atoms with van der Waals surface area (Å²) in [7, 11) is 0. The summed E-state index contributed by atoms with van der Waals surface area (Å²) in [5.41, 5.74) is 1.48. The van der Waals surface area contributed by atoms with Crippen LogP contribution in [0, 0.1) is 0 Å². The minimum Gasteiger partial charge on any atom is -0.378 e.